The van der Waals surface area contributed by atoms with Crippen LogP contribution in [0.4, 0.5) is 5.69 Å². The Morgan fingerprint density at radius 2 is 2.21 bits per heavy atom. The molecule has 0 radical (unpaired) electrons. The molecule has 1 saturated heterocycles. The van der Waals surface area contributed by atoms with Crippen LogP contribution in [0.5, 0.6) is 0 Å². The van der Waals surface area contributed by atoms with Gasteiger partial charge in [-0.3, -0.25) is 0 Å². The fourth-order valence-corrected chi connectivity index (χ4v) is 2.10. The Balaban J connectivity index is 2.07. The first kappa shape index (κ1) is 9.99. The van der Waals surface area contributed by atoms with E-state index in [0.717, 1.165) is 23.2 Å². The lowest BCUT2D eigenvalue weighted by atomic mass is 10.1. The molecule has 14 heavy (non-hydrogen) atoms. The zero-order valence-corrected chi connectivity index (χ0v) is 9.75. The second-order valence-corrected chi connectivity index (χ2v) is 4.45. The minimum atomic E-state index is 0.308. The van der Waals surface area contributed by atoms with E-state index >= 15 is 0 Å². The summed E-state index contributed by atoms with van der Waals surface area (Å²) >= 11 is 3.52. The van der Waals surface area contributed by atoms with Gasteiger partial charge in [-0.25, -0.2) is 0 Å². The van der Waals surface area contributed by atoms with E-state index in [4.69, 9.17) is 4.74 Å². The smallest absolute Gasteiger partial charge is 0.0748 e. The van der Waals surface area contributed by atoms with Crippen LogP contribution in [0, 0.1) is 0 Å². The number of para-hydroxylation sites is 1. The predicted molar refractivity (Wildman–Crippen MR) is 61.6 cm³/mol. The average molecular weight is 256 g/mol. The Morgan fingerprint density at radius 3 is 2.86 bits per heavy atom. The summed E-state index contributed by atoms with van der Waals surface area (Å²) < 4.78 is 6.61. The molecule has 0 spiro atoms. The highest BCUT2D eigenvalue weighted by atomic mass is 79.9. The lowest BCUT2D eigenvalue weighted by molar-refractivity contribution is 0.121. The van der Waals surface area contributed by atoms with Gasteiger partial charge in [0.15, 0.2) is 0 Å². The van der Waals surface area contributed by atoms with E-state index in [-0.39, 0.29) is 0 Å². The minimum absolute atomic E-state index is 0.308. The van der Waals surface area contributed by atoms with Crippen LogP contribution in [-0.4, -0.2) is 18.8 Å². The van der Waals surface area contributed by atoms with E-state index in [1.807, 2.05) is 18.2 Å². The van der Waals surface area contributed by atoms with Crippen LogP contribution in [0.25, 0.3) is 0 Å². The third-order valence-electron chi connectivity index (χ3n) is 2.59. The van der Waals surface area contributed by atoms with Gasteiger partial charge in [-0.1, -0.05) is 12.1 Å². The Morgan fingerprint density at radius 1 is 1.43 bits per heavy atom. The predicted octanol–water partition coefficient (Wildman–Crippen LogP) is 3.04. The lowest BCUT2D eigenvalue weighted by Crippen LogP contribution is -2.26. The molecule has 1 N–H and O–H groups in total. The molecule has 0 unspecified atom stereocenters. The van der Waals surface area contributed by atoms with Gasteiger partial charge in [0.05, 0.1) is 12.1 Å². The molecule has 1 aliphatic heterocycles. The van der Waals surface area contributed by atoms with Crippen LogP contribution >= 0.6 is 15.9 Å². The number of nitrogens with one attached hydrogen (secondary N) is 1. The van der Waals surface area contributed by atoms with Crippen molar-refractivity contribution in [3.05, 3.63) is 28.7 Å². The maximum Gasteiger partial charge on any atom is 0.0748 e. The van der Waals surface area contributed by atoms with E-state index in [0.29, 0.717) is 12.1 Å². The first-order valence-corrected chi connectivity index (χ1v) is 5.69. The van der Waals surface area contributed by atoms with Gasteiger partial charge in [-0.15, -0.1) is 0 Å². The van der Waals surface area contributed by atoms with Crippen molar-refractivity contribution in [2.45, 2.75) is 25.5 Å². The topological polar surface area (TPSA) is 21.3 Å². The maximum atomic E-state index is 5.50. The highest BCUT2D eigenvalue weighted by molar-refractivity contribution is 9.10. The van der Waals surface area contributed by atoms with Crippen molar-refractivity contribution in [2.75, 3.05) is 11.9 Å². The van der Waals surface area contributed by atoms with Gasteiger partial charge in [0, 0.05) is 16.8 Å². The molecule has 1 aliphatic rings. The summed E-state index contributed by atoms with van der Waals surface area (Å²) in [4.78, 5) is 0. The van der Waals surface area contributed by atoms with Crippen molar-refractivity contribution in [3.63, 3.8) is 0 Å². The van der Waals surface area contributed by atoms with Crippen molar-refractivity contribution < 1.29 is 4.74 Å². The van der Waals surface area contributed by atoms with Crippen LogP contribution < -0.4 is 5.32 Å². The molecule has 76 valence electrons. The van der Waals surface area contributed by atoms with Crippen molar-refractivity contribution in [2.24, 2.45) is 0 Å². The summed E-state index contributed by atoms with van der Waals surface area (Å²) in [6.45, 7) is 2.98. The molecule has 0 amide bonds. The molecular formula is C11H14BrNO. The quantitative estimate of drug-likeness (QED) is 0.878. The van der Waals surface area contributed by atoms with E-state index in [2.05, 4.69) is 34.2 Å². The molecule has 3 heteroatoms. The third-order valence-corrected chi connectivity index (χ3v) is 3.28. The Kier molecular flexibility index (Phi) is 3.08. The van der Waals surface area contributed by atoms with Crippen LogP contribution in [0.3, 0.4) is 0 Å². The number of benzene rings is 1. The normalized spacial score (nSPS) is 26.4. The number of hydrogen-bond donors (Lipinski definition) is 1. The first-order valence-electron chi connectivity index (χ1n) is 4.90. The van der Waals surface area contributed by atoms with Gasteiger partial charge in [0.2, 0.25) is 0 Å². The summed E-state index contributed by atoms with van der Waals surface area (Å²) in [6.07, 6.45) is 1.39. The average Bonchev–Trinajstić information content (AvgIpc) is 2.56. The molecule has 1 fully saturated rings. The van der Waals surface area contributed by atoms with Gasteiger partial charge >= 0.3 is 0 Å². The van der Waals surface area contributed by atoms with E-state index in [1.54, 1.807) is 0 Å². The number of hydrogen-bond acceptors (Lipinski definition) is 2. The van der Waals surface area contributed by atoms with Gasteiger partial charge in [-0.05, 0) is 41.4 Å². The largest absolute Gasteiger partial charge is 0.379 e. The second kappa shape index (κ2) is 4.32. The van der Waals surface area contributed by atoms with Crippen molar-refractivity contribution in [3.8, 4) is 0 Å². The molecule has 2 nitrogen and oxygen atoms in total. The number of rotatable bonds is 2. The molecule has 1 heterocycles. The molecule has 1 aromatic carbocycles. The van der Waals surface area contributed by atoms with Crippen LogP contribution in [0.2, 0.25) is 0 Å². The van der Waals surface area contributed by atoms with Gasteiger partial charge in [-0.2, -0.15) is 0 Å². The van der Waals surface area contributed by atoms with Crippen LogP contribution in [0.15, 0.2) is 28.7 Å². The molecule has 0 aromatic heterocycles. The standard InChI is InChI=1S/C11H14BrNO/c1-8-10(6-7-14-8)13-11-5-3-2-4-9(11)12/h2-5,8,10,13H,6-7H2,1H3/t8-,10+/m0/s1. The summed E-state index contributed by atoms with van der Waals surface area (Å²) in [6, 6.07) is 8.61. The molecule has 0 aliphatic carbocycles. The molecule has 1 aromatic rings. The van der Waals surface area contributed by atoms with Crippen molar-refractivity contribution >= 4 is 21.6 Å². The Bertz CT molecular complexity index is 316. The van der Waals surface area contributed by atoms with E-state index in [1.165, 1.54) is 0 Å². The monoisotopic (exact) mass is 255 g/mol. The van der Waals surface area contributed by atoms with Crippen LogP contribution in [0.1, 0.15) is 13.3 Å². The summed E-state index contributed by atoms with van der Waals surface area (Å²) in [5.41, 5.74) is 1.15. The number of halogens is 1. The van der Waals surface area contributed by atoms with Gasteiger partial charge in [0.25, 0.3) is 0 Å². The summed E-state index contributed by atoms with van der Waals surface area (Å²) in [5.74, 6) is 0. The fraction of sp³-hybridized carbons (Fsp3) is 0.455. The summed E-state index contributed by atoms with van der Waals surface area (Å²) in [5, 5.41) is 3.49. The third kappa shape index (κ3) is 2.10. The molecule has 0 saturated carbocycles. The minimum Gasteiger partial charge on any atom is -0.379 e. The highest BCUT2D eigenvalue weighted by Gasteiger charge is 2.24. The van der Waals surface area contributed by atoms with Crippen molar-refractivity contribution in [1.29, 1.82) is 0 Å². The van der Waals surface area contributed by atoms with Crippen LogP contribution in [-0.2, 0) is 4.74 Å². The maximum absolute atomic E-state index is 5.50. The second-order valence-electron chi connectivity index (χ2n) is 3.60. The molecule has 2 rings (SSSR count). The number of anilines is 1. The Labute approximate surface area is 92.8 Å². The first-order chi connectivity index (χ1) is 6.77. The SMILES string of the molecule is C[C@@H]1OCC[C@H]1Nc1ccccc1Br. The fourth-order valence-electron chi connectivity index (χ4n) is 1.70. The Hall–Kier alpha value is -0.540. The summed E-state index contributed by atoms with van der Waals surface area (Å²) in [7, 11) is 0. The number of ether oxygens (including phenoxy) is 1. The zero-order valence-electron chi connectivity index (χ0n) is 8.16. The molecule has 2 atom stereocenters. The molecule has 0 bridgehead atoms. The molecular weight excluding hydrogens is 242 g/mol. The van der Waals surface area contributed by atoms with E-state index < -0.39 is 0 Å². The van der Waals surface area contributed by atoms with Crippen molar-refractivity contribution in [1.82, 2.24) is 0 Å². The zero-order chi connectivity index (χ0) is 9.97. The lowest BCUT2D eigenvalue weighted by Gasteiger charge is -2.18. The van der Waals surface area contributed by atoms with E-state index in [9.17, 15) is 0 Å². The van der Waals surface area contributed by atoms with Gasteiger partial charge < -0.3 is 10.1 Å². The van der Waals surface area contributed by atoms with Gasteiger partial charge in [0.1, 0.15) is 0 Å². The highest BCUT2D eigenvalue weighted by Crippen LogP contribution is 2.25.